The molecule has 1 fully saturated rings. The fourth-order valence-electron chi connectivity index (χ4n) is 3.50. The largest absolute Gasteiger partial charge is 0.416 e. The zero-order valence-corrected chi connectivity index (χ0v) is 17.9. The lowest BCUT2D eigenvalue weighted by Crippen LogP contribution is -2.50. The number of halogens is 3. The highest BCUT2D eigenvalue weighted by Gasteiger charge is 2.30. The molecule has 1 atom stereocenters. The van der Waals surface area contributed by atoms with E-state index in [1.54, 1.807) is 20.2 Å². The molecule has 1 aliphatic heterocycles. The number of hydrogen-bond donors (Lipinski definition) is 3. The molecule has 1 amide bonds. The number of benzene rings is 1. The number of alkyl halides is 3. The first-order valence-corrected chi connectivity index (χ1v) is 10.3. The molecule has 0 radical (unpaired) electrons. The summed E-state index contributed by atoms with van der Waals surface area (Å²) < 4.78 is 38.7. The molecule has 1 unspecified atom stereocenters. The third-order valence-electron chi connectivity index (χ3n) is 5.45. The van der Waals surface area contributed by atoms with Crippen molar-refractivity contribution >= 4 is 11.9 Å². The Hall–Kier alpha value is -2.29. The molecular formula is C21H32F3N5O. The standard InChI is InChI=1S/C21H32F3N5O/c1-15(16-5-4-6-17(13-16)21(22,23)24)7-10-27-20(26-3)28-18-8-11-29(12-9-18)14-19(30)25-2/h4-6,13,15,18H,7-12,14H2,1-3H3,(H,25,30)(H2,26,27,28). The Balaban J connectivity index is 1.75. The van der Waals surface area contributed by atoms with Crippen molar-refractivity contribution in [2.75, 3.05) is 40.3 Å². The summed E-state index contributed by atoms with van der Waals surface area (Å²) in [4.78, 5) is 17.9. The van der Waals surface area contributed by atoms with Crippen LogP contribution < -0.4 is 16.0 Å². The number of likely N-dealkylation sites (N-methyl/N-ethyl adjacent to an activating group) is 1. The topological polar surface area (TPSA) is 68.8 Å². The molecule has 0 spiro atoms. The van der Waals surface area contributed by atoms with Crippen molar-refractivity contribution in [3.63, 3.8) is 0 Å². The second-order valence-corrected chi connectivity index (χ2v) is 7.68. The Morgan fingerprint density at radius 1 is 1.30 bits per heavy atom. The van der Waals surface area contributed by atoms with Crippen LogP contribution in [0.3, 0.4) is 0 Å². The minimum absolute atomic E-state index is 0.00847. The van der Waals surface area contributed by atoms with E-state index in [4.69, 9.17) is 0 Å². The minimum atomic E-state index is -4.32. The molecule has 3 N–H and O–H groups in total. The molecule has 0 saturated carbocycles. The van der Waals surface area contributed by atoms with Gasteiger partial charge in [-0.25, -0.2) is 0 Å². The van der Waals surface area contributed by atoms with E-state index in [1.165, 1.54) is 12.1 Å². The summed E-state index contributed by atoms with van der Waals surface area (Å²) in [5.74, 6) is 0.704. The van der Waals surface area contributed by atoms with Gasteiger partial charge in [-0.3, -0.25) is 14.7 Å². The predicted molar refractivity (Wildman–Crippen MR) is 113 cm³/mol. The first-order chi connectivity index (χ1) is 14.2. The van der Waals surface area contributed by atoms with Gasteiger partial charge in [-0.05, 0) is 36.8 Å². The van der Waals surface area contributed by atoms with Gasteiger partial charge in [0.25, 0.3) is 0 Å². The molecule has 0 aliphatic carbocycles. The van der Waals surface area contributed by atoms with Crippen LogP contribution in [-0.4, -0.2) is 63.1 Å². The van der Waals surface area contributed by atoms with Crippen LogP contribution in [0.2, 0.25) is 0 Å². The van der Waals surface area contributed by atoms with Crippen LogP contribution in [0.1, 0.15) is 43.2 Å². The lowest BCUT2D eigenvalue weighted by Gasteiger charge is -2.32. The Kier molecular flexibility index (Phi) is 8.95. The summed E-state index contributed by atoms with van der Waals surface area (Å²) in [5, 5.41) is 9.29. The lowest BCUT2D eigenvalue weighted by atomic mass is 9.96. The van der Waals surface area contributed by atoms with Gasteiger partial charge in [-0.15, -0.1) is 0 Å². The lowest BCUT2D eigenvalue weighted by molar-refractivity contribution is -0.137. The molecule has 1 aromatic carbocycles. The summed E-state index contributed by atoms with van der Waals surface area (Å²) in [6.45, 7) is 4.63. The second kappa shape index (κ2) is 11.2. The molecule has 1 aromatic rings. The summed E-state index contributed by atoms with van der Waals surface area (Å²) in [5.41, 5.74) is 0.0677. The fourth-order valence-corrected chi connectivity index (χ4v) is 3.50. The highest BCUT2D eigenvalue weighted by Crippen LogP contribution is 2.31. The van der Waals surface area contributed by atoms with Gasteiger partial charge < -0.3 is 16.0 Å². The van der Waals surface area contributed by atoms with Crippen LogP contribution in [0.25, 0.3) is 0 Å². The van der Waals surface area contributed by atoms with Gasteiger partial charge in [0, 0.05) is 39.8 Å². The van der Waals surface area contributed by atoms with Crippen molar-refractivity contribution in [1.82, 2.24) is 20.9 Å². The molecule has 0 aromatic heterocycles. The van der Waals surface area contributed by atoms with Crippen molar-refractivity contribution in [3.05, 3.63) is 35.4 Å². The maximum absolute atomic E-state index is 12.9. The SMILES string of the molecule is CN=C(NCCC(C)c1cccc(C(F)(F)F)c1)NC1CCN(CC(=O)NC)CC1. The number of piperidine rings is 1. The normalized spacial score (nSPS) is 17.5. The molecule has 1 heterocycles. The third-order valence-corrected chi connectivity index (χ3v) is 5.45. The third kappa shape index (κ3) is 7.51. The molecule has 30 heavy (non-hydrogen) atoms. The van der Waals surface area contributed by atoms with E-state index in [0.717, 1.165) is 32.0 Å². The molecule has 6 nitrogen and oxygen atoms in total. The van der Waals surface area contributed by atoms with Gasteiger partial charge in [-0.2, -0.15) is 13.2 Å². The number of nitrogens with zero attached hydrogens (tertiary/aromatic N) is 2. The van der Waals surface area contributed by atoms with Gasteiger partial charge in [0.15, 0.2) is 5.96 Å². The Bertz CT molecular complexity index is 715. The number of amides is 1. The molecular weight excluding hydrogens is 395 g/mol. The van der Waals surface area contributed by atoms with Gasteiger partial charge in [0.1, 0.15) is 0 Å². The number of rotatable bonds is 7. The highest BCUT2D eigenvalue weighted by molar-refractivity contribution is 5.80. The van der Waals surface area contributed by atoms with E-state index in [1.807, 2.05) is 6.92 Å². The minimum Gasteiger partial charge on any atom is -0.358 e. The smallest absolute Gasteiger partial charge is 0.358 e. The number of hydrogen-bond acceptors (Lipinski definition) is 3. The number of carbonyl (C=O) groups is 1. The van der Waals surface area contributed by atoms with E-state index >= 15 is 0 Å². The summed E-state index contributed by atoms with van der Waals surface area (Å²) in [6, 6.07) is 5.79. The van der Waals surface area contributed by atoms with Crippen LogP contribution in [0.4, 0.5) is 13.2 Å². The van der Waals surface area contributed by atoms with Gasteiger partial charge in [0.2, 0.25) is 5.91 Å². The average Bonchev–Trinajstić information content (AvgIpc) is 2.73. The molecule has 9 heteroatoms. The number of likely N-dealkylation sites (tertiary alicyclic amines) is 1. The van der Waals surface area contributed by atoms with E-state index in [-0.39, 0.29) is 17.9 Å². The number of aliphatic imine (C=N–C) groups is 1. The number of guanidine groups is 1. The first kappa shape index (κ1) is 24.0. The Labute approximate surface area is 176 Å². The number of nitrogens with one attached hydrogen (secondary N) is 3. The van der Waals surface area contributed by atoms with Crippen LogP contribution >= 0.6 is 0 Å². The van der Waals surface area contributed by atoms with Crippen LogP contribution in [0, 0.1) is 0 Å². The quantitative estimate of drug-likeness (QED) is 0.462. The van der Waals surface area contributed by atoms with Crippen LogP contribution in [0.15, 0.2) is 29.3 Å². The van der Waals surface area contributed by atoms with Crippen molar-refractivity contribution in [2.24, 2.45) is 4.99 Å². The van der Waals surface area contributed by atoms with E-state index in [0.29, 0.717) is 31.0 Å². The summed E-state index contributed by atoms with van der Waals surface area (Å²) >= 11 is 0. The van der Waals surface area contributed by atoms with Gasteiger partial charge in [-0.1, -0.05) is 25.1 Å². The van der Waals surface area contributed by atoms with E-state index in [2.05, 4.69) is 25.8 Å². The summed E-state index contributed by atoms with van der Waals surface area (Å²) in [7, 11) is 3.34. The molecule has 1 saturated heterocycles. The molecule has 168 valence electrons. The maximum Gasteiger partial charge on any atom is 0.416 e. The molecule has 0 bridgehead atoms. The zero-order chi connectivity index (χ0) is 22.1. The Morgan fingerprint density at radius 2 is 2.00 bits per heavy atom. The molecule has 2 rings (SSSR count). The van der Waals surface area contributed by atoms with Crippen molar-refractivity contribution in [1.29, 1.82) is 0 Å². The monoisotopic (exact) mass is 427 g/mol. The highest BCUT2D eigenvalue weighted by atomic mass is 19.4. The Morgan fingerprint density at radius 3 is 2.60 bits per heavy atom. The maximum atomic E-state index is 12.9. The van der Waals surface area contributed by atoms with Crippen molar-refractivity contribution in [3.8, 4) is 0 Å². The van der Waals surface area contributed by atoms with Crippen LogP contribution in [0.5, 0.6) is 0 Å². The molecule has 1 aliphatic rings. The van der Waals surface area contributed by atoms with Crippen LogP contribution in [-0.2, 0) is 11.0 Å². The van der Waals surface area contributed by atoms with Crippen molar-refractivity contribution < 1.29 is 18.0 Å². The summed E-state index contributed by atoms with van der Waals surface area (Å²) in [6.07, 6.45) is -1.81. The second-order valence-electron chi connectivity index (χ2n) is 7.68. The van der Waals surface area contributed by atoms with E-state index < -0.39 is 11.7 Å². The van der Waals surface area contributed by atoms with Gasteiger partial charge >= 0.3 is 6.18 Å². The van der Waals surface area contributed by atoms with Crippen molar-refractivity contribution in [2.45, 2.75) is 44.3 Å². The first-order valence-electron chi connectivity index (χ1n) is 10.3. The van der Waals surface area contributed by atoms with E-state index in [9.17, 15) is 18.0 Å². The predicted octanol–water partition coefficient (Wildman–Crippen LogP) is 2.57. The zero-order valence-electron chi connectivity index (χ0n) is 17.9. The number of carbonyl (C=O) groups excluding carboxylic acids is 1. The fraction of sp³-hybridized carbons (Fsp3) is 0.619. The average molecular weight is 428 g/mol. The van der Waals surface area contributed by atoms with Gasteiger partial charge in [0.05, 0.1) is 12.1 Å².